The summed E-state index contributed by atoms with van der Waals surface area (Å²) in [4.78, 5) is 21.5. The van der Waals surface area contributed by atoms with Crippen LogP contribution < -0.4 is 0 Å². The van der Waals surface area contributed by atoms with Gasteiger partial charge in [-0.3, -0.25) is 9.59 Å². The van der Waals surface area contributed by atoms with E-state index in [1.165, 1.54) is 13.2 Å². The van der Waals surface area contributed by atoms with Crippen molar-refractivity contribution in [2.24, 2.45) is 0 Å². The molecule has 0 saturated heterocycles. The Balaban J connectivity index is 3.18. The number of hydrogen-bond acceptors (Lipinski definition) is 3. The number of hydrogen-bond donors (Lipinski definition) is 0. The Hall–Kier alpha value is -1.12. The van der Waals surface area contributed by atoms with Crippen LogP contribution in [0.5, 0.6) is 0 Å². The SMILES string of the molecule is C=CC(=O)CCCCCCC(=O)OC. The molecule has 0 saturated carbocycles. The van der Waals surface area contributed by atoms with Crippen molar-refractivity contribution < 1.29 is 14.3 Å². The molecule has 0 spiro atoms. The lowest BCUT2D eigenvalue weighted by Gasteiger charge is -1.99. The van der Waals surface area contributed by atoms with Crippen LogP contribution in [0.3, 0.4) is 0 Å². The number of ether oxygens (including phenoxy) is 1. The third kappa shape index (κ3) is 7.53. The summed E-state index contributed by atoms with van der Waals surface area (Å²) in [5, 5.41) is 0. The molecule has 0 aromatic rings. The zero-order valence-corrected chi connectivity index (χ0v) is 8.75. The van der Waals surface area contributed by atoms with E-state index < -0.39 is 0 Å². The van der Waals surface area contributed by atoms with E-state index in [9.17, 15) is 9.59 Å². The molecular weight excluding hydrogens is 180 g/mol. The molecule has 14 heavy (non-hydrogen) atoms. The van der Waals surface area contributed by atoms with Crippen LogP contribution in [0.15, 0.2) is 12.7 Å². The van der Waals surface area contributed by atoms with Gasteiger partial charge in [0.15, 0.2) is 5.78 Å². The highest BCUT2D eigenvalue weighted by Crippen LogP contribution is 2.06. The second kappa shape index (κ2) is 8.48. The number of carbonyl (C=O) groups is 2. The third-order valence-corrected chi connectivity index (χ3v) is 2.01. The Morgan fingerprint density at radius 2 is 1.71 bits per heavy atom. The summed E-state index contributed by atoms with van der Waals surface area (Å²) in [6, 6.07) is 0. The summed E-state index contributed by atoms with van der Waals surface area (Å²) in [6.45, 7) is 3.40. The molecule has 0 rings (SSSR count). The summed E-state index contributed by atoms with van der Waals surface area (Å²) in [7, 11) is 1.39. The Morgan fingerprint density at radius 3 is 2.21 bits per heavy atom. The number of unbranched alkanes of at least 4 members (excludes halogenated alkanes) is 3. The van der Waals surface area contributed by atoms with Crippen LogP contribution in [-0.4, -0.2) is 18.9 Å². The highest BCUT2D eigenvalue weighted by molar-refractivity contribution is 5.88. The minimum absolute atomic E-state index is 0.0953. The van der Waals surface area contributed by atoms with Gasteiger partial charge in [-0.2, -0.15) is 0 Å². The fourth-order valence-electron chi connectivity index (χ4n) is 1.13. The van der Waals surface area contributed by atoms with E-state index in [4.69, 9.17) is 0 Å². The second-order valence-electron chi connectivity index (χ2n) is 3.16. The molecule has 0 aliphatic heterocycles. The van der Waals surface area contributed by atoms with E-state index in [0.29, 0.717) is 12.8 Å². The molecule has 3 nitrogen and oxygen atoms in total. The fourth-order valence-corrected chi connectivity index (χ4v) is 1.13. The van der Waals surface area contributed by atoms with Crippen molar-refractivity contribution in [3.8, 4) is 0 Å². The first-order chi connectivity index (χ1) is 6.70. The van der Waals surface area contributed by atoms with Gasteiger partial charge in [0.25, 0.3) is 0 Å². The van der Waals surface area contributed by atoms with Crippen LogP contribution in [0.4, 0.5) is 0 Å². The Bertz CT molecular complexity index is 197. The first-order valence-electron chi connectivity index (χ1n) is 4.92. The van der Waals surface area contributed by atoms with Crippen molar-refractivity contribution in [1.82, 2.24) is 0 Å². The lowest BCUT2D eigenvalue weighted by Crippen LogP contribution is -1.99. The fraction of sp³-hybridized carbons (Fsp3) is 0.636. The summed E-state index contributed by atoms with van der Waals surface area (Å²) in [5.74, 6) is -0.0647. The van der Waals surface area contributed by atoms with Gasteiger partial charge < -0.3 is 4.74 Å². The monoisotopic (exact) mass is 198 g/mol. The quantitative estimate of drug-likeness (QED) is 0.341. The van der Waals surface area contributed by atoms with Crippen LogP contribution >= 0.6 is 0 Å². The zero-order chi connectivity index (χ0) is 10.8. The average Bonchev–Trinajstić information content (AvgIpc) is 2.22. The zero-order valence-electron chi connectivity index (χ0n) is 8.75. The van der Waals surface area contributed by atoms with Crippen molar-refractivity contribution in [1.29, 1.82) is 0 Å². The minimum Gasteiger partial charge on any atom is -0.469 e. The standard InChI is InChI=1S/C11H18O3/c1-3-10(12)8-6-4-5-7-9-11(13)14-2/h3H,1,4-9H2,2H3. The molecule has 3 heteroatoms. The minimum atomic E-state index is -0.160. The number of ketones is 1. The number of carbonyl (C=O) groups excluding carboxylic acids is 2. The lowest BCUT2D eigenvalue weighted by molar-refractivity contribution is -0.140. The van der Waals surface area contributed by atoms with Gasteiger partial charge in [-0.25, -0.2) is 0 Å². The molecule has 80 valence electrons. The van der Waals surface area contributed by atoms with Gasteiger partial charge in [-0.15, -0.1) is 0 Å². The number of rotatable bonds is 8. The Labute approximate surface area is 85.1 Å². The van der Waals surface area contributed by atoms with Crippen LogP contribution in [0.25, 0.3) is 0 Å². The van der Waals surface area contributed by atoms with Gasteiger partial charge in [0.05, 0.1) is 7.11 Å². The molecule has 0 aliphatic rings. The second-order valence-corrected chi connectivity index (χ2v) is 3.16. The smallest absolute Gasteiger partial charge is 0.305 e. The van der Waals surface area contributed by atoms with Crippen molar-refractivity contribution in [3.63, 3.8) is 0 Å². The molecule has 0 unspecified atom stereocenters. The van der Waals surface area contributed by atoms with E-state index in [1.807, 2.05) is 0 Å². The normalized spacial score (nSPS) is 9.50. The van der Waals surface area contributed by atoms with Gasteiger partial charge in [0.1, 0.15) is 0 Å². The molecule has 0 amide bonds. The summed E-state index contributed by atoms with van der Waals surface area (Å²) < 4.78 is 4.51. The van der Waals surface area contributed by atoms with Crippen molar-refractivity contribution in [2.75, 3.05) is 7.11 Å². The van der Waals surface area contributed by atoms with Crippen molar-refractivity contribution in [2.45, 2.75) is 38.5 Å². The van der Waals surface area contributed by atoms with E-state index in [0.717, 1.165) is 25.7 Å². The highest BCUT2D eigenvalue weighted by Gasteiger charge is 2.00. The molecule has 0 N–H and O–H groups in total. The van der Waals surface area contributed by atoms with E-state index in [1.54, 1.807) is 0 Å². The largest absolute Gasteiger partial charge is 0.469 e. The summed E-state index contributed by atoms with van der Waals surface area (Å²) in [5.41, 5.74) is 0. The van der Waals surface area contributed by atoms with E-state index in [-0.39, 0.29) is 11.8 Å². The molecule has 0 heterocycles. The Kier molecular flexibility index (Phi) is 7.80. The topological polar surface area (TPSA) is 43.4 Å². The lowest BCUT2D eigenvalue weighted by atomic mass is 10.1. The predicted octanol–water partition coefficient (Wildman–Crippen LogP) is 2.26. The summed E-state index contributed by atoms with van der Waals surface area (Å²) in [6.07, 6.45) is 6.08. The first-order valence-corrected chi connectivity index (χ1v) is 4.92. The van der Waals surface area contributed by atoms with Gasteiger partial charge in [0.2, 0.25) is 0 Å². The maximum atomic E-state index is 10.8. The van der Waals surface area contributed by atoms with Crippen LogP contribution in [-0.2, 0) is 14.3 Å². The molecule has 0 atom stereocenters. The molecule has 0 aliphatic carbocycles. The maximum Gasteiger partial charge on any atom is 0.305 e. The van der Waals surface area contributed by atoms with Crippen molar-refractivity contribution >= 4 is 11.8 Å². The molecular formula is C11H18O3. The highest BCUT2D eigenvalue weighted by atomic mass is 16.5. The van der Waals surface area contributed by atoms with Crippen LogP contribution in [0.1, 0.15) is 38.5 Å². The third-order valence-electron chi connectivity index (χ3n) is 2.01. The molecule has 0 aromatic heterocycles. The summed E-state index contributed by atoms with van der Waals surface area (Å²) >= 11 is 0. The number of methoxy groups -OCH3 is 1. The first kappa shape index (κ1) is 12.9. The van der Waals surface area contributed by atoms with Gasteiger partial charge in [-0.05, 0) is 18.9 Å². The number of esters is 1. The van der Waals surface area contributed by atoms with Gasteiger partial charge in [-0.1, -0.05) is 19.4 Å². The van der Waals surface area contributed by atoms with Crippen LogP contribution in [0, 0.1) is 0 Å². The van der Waals surface area contributed by atoms with Gasteiger partial charge in [0, 0.05) is 12.8 Å². The van der Waals surface area contributed by atoms with E-state index in [2.05, 4.69) is 11.3 Å². The Morgan fingerprint density at radius 1 is 1.14 bits per heavy atom. The molecule has 0 radical (unpaired) electrons. The maximum absolute atomic E-state index is 10.8. The average molecular weight is 198 g/mol. The van der Waals surface area contributed by atoms with Crippen LogP contribution in [0.2, 0.25) is 0 Å². The van der Waals surface area contributed by atoms with Gasteiger partial charge >= 0.3 is 5.97 Å². The molecule has 0 fully saturated rings. The van der Waals surface area contributed by atoms with E-state index >= 15 is 0 Å². The number of allylic oxidation sites excluding steroid dienone is 1. The predicted molar refractivity (Wildman–Crippen MR) is 54.9 cm³/mol. The van der Waals surface area contributed by atoms with Crippen molar-refractivity contribution in [3.05, 3.63) is 12.7 Å². The molecule has 0 aromatic carbocycles. The molecule has 0 bridgehead atoms.